The molecule has 3 rings (SSSR count). The summed E-state index contributed by atoms with van der Waals surface area (Å²) in [5, 5.41) is 14.3. The largest absolute Gasteiger partial charge is 0.396 e. The van der Waals surface area contributed by atoms with Gasteiger partial charge >= 0.3 is 6.03 Å². The van der Waals surface area contributed by atoms with Gasteiger partial charge in [-0.3, -0.25) is 4.79 Å². The van der Waals surface area contributed by atoms with Crippen molar-refractivity contribution in [2.45, 2.75) is 12.5 Å². The minimum Gasteiger partial charge on any atom is -0.396 e. The Labute approximate surface area is 126 Å². The van der Waals surface area contributed by atoms with Gasteiger partial charge in [-0.1, -0.05) is 12.1 Å². The van der Waals surface area contributed by atoms with Crippen molar-refractivity contribution in [1.29, 1.82) is 0 Å². The number of nitrogens with zero attached hydrogens (tertiary/aromatic N) is 1. The van der Waals surface area contributed by atoms with Crippen molar-refractivity contribution in [2.24, 2.45) is 0 Å². The van der Waals surface area contributed by atoms with Gasteiger partial charge in [-0.25, -0.2) is 9.18 Å². The van der Waals surface area contributed by atoms with Gasteiger partial charge in [-0.05, 0) is 24.1 Å². The Kier molecular flexibility index (Phi) is 3.81. The molecular formula is C15H16FN3O3. The number of aliphatic hydroxyl groups excluding tert-OH is 1. The van der Waals surface area contributed by atoms with Gasteiger partial charge in [-0.2, -0.15) is 0 Å². The summed E-state index contributed by atoms with van der Waals surface area (Å²) in [4.78, 5) is 25.9. The molecule has 1 atom stereocenters. The predicted octanol–water partition coefficient (Wildman–Crippen LogP) is 0.658. The summed E-state index contributed by atoms with van der Waals surface area (Å²) in [5.74, 6) is -0.550. The molecule has 0 aliphatic carbocycles. The number of halogens is 1. The number of carbonyl (C=O) groups is 2. The third-order valence-corrected chi connectivity index (χ3v) is 3.81. The molecule has 7 heteroatoms. The van der Waals surface area contributed by atoms with E-state index in [2.05, 4.69) is 10.6 Å². The van der Waals surface area contributed by atoms with Crippen molar-refractivity contribution >= 4 is 11.9 Å². The number of carbonyl (C=O) groups excluding carboxylic acids is 2. The zero-order chi connectivity index (χ0) is 15.7. The molecule has 0 unspecified atom stereocenters. The lowest BCUT2D eigenvalue weighted by Crippen LogP contribution is -2.44. The summed E-state index contributed by atoms with van der Waals surface area (Å²) in [7, 11) is 0. The van der Waals surface area contributed by atoms with Crippen LogP contribution in [-0.4, -0.2) is 41.6 Å². The topological polar surface area (TPSA) is 81.7 Å². The van der Waals surface area contributed by atoms with Crippen molar-refractivity contribution in [3.8, 4) is 0 Å². The maximum absolute atomic E-state index is 13.1. The molecule has 0 saturated heterocycles. The summed E-state index contributed by atoms with van der Waals surface area (Å²) in [6.45, 7) is 0.744. The first kappa shape index (κ1) is 14.5. The molecule has 3 amide bonds. The molecule has 0 aromatic heterocycles. The average Bonchev–Trinajstić information content (AvgIpc) is 2.81. The lowest BCUT2D eigenvalue weighted by atomic mass is 9.96. The fourth-order valence-electron chi connectivity index (χ4n) is 2.78. The van der Waals surface area contributed by atoms with Crippen LogP contribution >= 0.6 is 0 Å². The van der Waals surface area contributed by atoms with Gasteiger partial charge in [0.1, 0.15) is 5.82 Å². The van der Waals surface area contributed by atoms with E-state index in [1.54, 1.807) is 17.0 Å². The van der Waals surface area contributed by atoms with Gasteiger partial charge < -0.3 is 20.6 Å². The zero-order valence-electron chi connectivity index (χ0n) is 11.8. The van der Waals surface area contributed by atoms with Crippen LogP contribution in [0.5, 0.6) is 0 Å². The third kappa shape index (κ3) is 2.55. The molecule has 3 N–H and O–H groups in total. The molecule has 2 heterocycles. The van der Waals surface area contributed by atoms with Crippen molar-refractivity contribution in [1.82, 2.24) is 15.5 Å². The Morgan fingerprint density at radius 3 is 2.68 bits per heavy atom. The minimum absolute atomic E-state index is 0.000443. The first-order valence-corrected chi connectivity index (χ1v) is 7.06. The number of urea groups is 1. The van der Waals surface area contributed by atoms with Gasteiger partial charge in [0, 0.05) is 13.2 Å². The van der Waals surface area contributed by atoms with E-state index < -0.39 is 6.04 Å². The van der Waals surface area contributed by atoms with E-state index in [0.29, 0.717) is 36.3 Å². The maximum atomic E-state index is 13.1. The highest BCUT2D eigenvalue weighted by atomic mass is 19.1. The Balaban J connectivity index is 1.90. The van der Waals surface area contributed by atoms with Gasteiger partial charge in [0.15, 0.2) is 0 Å². The van der Waals surface area contributed by atoms with Crippen LogP contribution in [0.2, 0.25) is 0 Å². The van der Waals surface area contributed by atoms with Crippen LogP contribution in [0.1, 0.15) is 18.0 Å². The summed E-state index contributed by atoms with van der Waals surface area (Å²) in [5.41, 5.74) is 1.70. The van der Waals surface area contributed by atoms with E-state index in [0.717, 1.165) is 0 Å². The molecule has 1 aromatic rings. The number of rotatable bonds is 4. The van der Waals surface area contributed by atoms with E-state index in [4.69, 9.17) is 5.11 Å². The molecule has 116 valence electrons. The zero-order valence-corrected chi connectivity index (χ0v) is 11.8. The highest BCUT2D eigenvalue weighted by Gasteiger charge is 2.39. The summed E-state index contributed by atoms with van der Waals surface area (Å²) < 4.78 is 13.1. The summed E-state index contributed by atoms with van der Waals surface area (Å²) >= 11 is 0. The standard InChI is InChI=1S/C15H16FN3O3/c16-10-4-2-9(3-5-10)13-12-11(17-15(22)18-13)8-19(14(12)21)6-1-7-20/h2-5,13,20H,1,6-8H2,(H2,17,18,22)/t13-/m0/s1. The fourth-order valence-corrected chi connectivity index (χ4v) is 2.78. The van der Waals surface area contributed by atoms with E-state index in [9.17, 15) is 14.0 Å². The van der Waals surface area contributed by atoms with Crippen LogP contribution in [0.4, 0.5) is 9.18 Å². The van der Waals surface area contributed by atoms with Crippen molar-refractivity contribution in [3.05, 3.63) is 46.9 Å². The number of hydrogen-bond donors (Lipinski definition) is 3. The summed E-state index contributed by atoms with van der Waals surface area (Å²) in [6, 6.07) is 4.74. The number of amides is 3. The molecule has 6 nitrogen and oxygen atoms in total. The highest BCUT2D eigenvalue weighted by molar-refractivity contribution is 6.01. The Hall–Kier alpha value is -2.41. The van der Waals surface area contributed by atoms with Crippen molar-refractivity contribution in [3.63, 3.8) is 0 Å². The quantitative estimate of drug-likeness (QED) is 0.764. The number of hydrogen-bond acceptors (Lipinski definition) is 3. The third-order valence-electron chi connectivity index (χ3n) is 3.81. The Morgan fingerprint density at radius 1 is 1.27 bits per heavy atom. The average molecular weight is 305 g/mol. The van der Waals surface area contributed by atoms with Crippen LogP contribution < -0.4 is 10.6 Å². The first-order valence-electron chi connectivity index (χ1n) is 7.06. The molecule has 0 spiro atoms. The van der Waals surface area contributed by atoms with E-state index in [1.807, 2.05) is 0 Å². The Morgan fingerprint density at radius 2 is 2.00 bits per heavy atom. The van der Waals surface area contributed by atoms with Crippen LogP contribution in [0.25, 0.3) is 0 Å². The van der Waals surface area contributed by atoms with Gasteiger partial charge in [-0.15, -0.1) is 0 Å². The second kappa shape index (κ2) is 5.76. The molecule has 0 bridgehead atoms. The van der Waals surface area contributed by atoms with Crippen LogP contribution in [-0.2, 0) is 4.79 Å². The fraction of sp³-hybridized carbons (Fsp3) is 0.333. The molecule has 2 aliphatic heterocycles. The van der Waals surface area contributed by atoms with Crippen molar-refractivity contribution < 1.29 is 19.1 Å². The molecule has 0 saturated carbocycles. The SMILES string of the molecule is O=C1NC2=C(C(=O)N(CCCO)C2)[C@H](c2ccc(F)cc2)N1. The second-order valence-corrected chi connectivity index (χ2v) is 5.28. The lowest BCUT2D eigenvalue weighted by Gasteiger charge is -2.25. The molecule has 0 fully saturated rings. The number of benzene rings is 1. The molecule has 0 radical (unpaired) electrons. The van der Waals surface area contributed by atoms with E-state index >= 15 is 0 Å². The van der Waals surface area contributed by atoms with E-state index in [-0.39, 0.29) is 24.4 Å². The van der Waals surface area contributed by atoms with Crippen LogP contribution in [0, 0.1) is 5.82 Å². The number of nitrogens with one attached hydrogen (secondary N) is 2. The summed E-state index contributed by atoms with van der Waals surface area (Å²) in [6.07, 6.45) is 0.481. The minimum atomic E-state index is -0.587. The van der Waals surface area contributed by atoms with Gasteiger partial charge in [0.05, 0.1) is 23.9 Å². The molecule has 1 aromatic carbocycles. The van der Waals surface area contributed by atoms with Crippen molar-refractivity contribution in [2.75, 3.05) is 19.7 Å². The smallest absolute Gasteiger partial charge is 0.319 e. The molecule has 2 aliphatic rings. The maximum Gasteiger partial charge on any atom is 0.319 e. The second-order valence-electron chi connectivity index (χ2n) is 5.28. The normalized spacial score (nSPS) is 20.8. The molecule has 22 heavy (non-hydrogen) atoms. The monoisotopic (exact) mass is 305 g/mol. The number of aliphatic hydroxyl groups is 1. The first-order chi connectivity index (χ1) is 10.6. The van der Waals surface area contributed by atoms with E-state index in [1.165, 1.54) is 12.1 Å². The Bertz CT molecular complexity index is 642. The van der Waals surface area contributed by atoms with Crippen LogP contribution in [0.15, 0.2) is 35.5 Å². The van der Waals surface area contributed by atoms with Gasteiger partial charge in [0.2, 0.25) is 0 Å². The lowest BCUT2D eigenvalue weighted by molar-refractivity contribution is -0.125. The van der Waals surface area contributed by atoms with Crippen LogP contribution in [0.3, 0.4) is 0 Å². The molecular weight excluding hydrogens is 289 g/mol. The van der Waals surface area contributed by atoms with Gasteiger partial charge in [0.25, 0.3) is 5.91 Å². The highest BCUT2D eigenvalue weighted by Crippen LogP contribution is 2.32. The predicted molar refractivity (Wildman–Crippen MR) is 76.1 cm³/mol.